The fourth-order valence-corrected chi connectivity index (χ4v) is 3.40. The number of carbonyl (C=O) groups is 1. The van der Waals surface area contributed by atoms with Crippen LogP contribution in [0.15, 0.2) is 62.3 Å². The van der Waals surface area contributed by atoms with Crippen molar-refractivity contribution < 1.29 is 31.1 Å². The van der Waals surface area contributed by atoms with Crippen LogP contribution in [-0.2, 0) is 15.9 Å². The lowest BCUT2D eigenvalue weighted by Gasteiger charge is -2.05. The van der Waals surface area contributed by atoms with Crippen molar-refractivity contribution >= 4 is 15.6 Å². The Labute approximate surface area is 156 Å². The van der Waals surface area contributed by atoms with Crippen LogP contribution in [0.3, 0.4) is 0 Å². The molecule has 6 nitrogen and oxygen atoms in total. The van der Waals surface area contributed by atoms with Crippen molar-refractivity contribution in [3.8, 4) is 11.4 Å². The van der Waals surface area contributed by atoms with Gasteiger partial charge in [-0.2, -0.15) is 22.5 Å². The molecule has 0 radical (unpaired) electrons. The van der Waals surface area contributed by atoms with Crippen molar-refractivity contribution in [1.82, 2.24) is 10.1 Å². The molecule has 1 aromatic heterocycles. The zero-order chi connectivity index (χ0) is 20.5. The highest BCUT2D eigenvalue weighted by Gasteiger charge is 2.38. The second kappa shape index (κ2) is 7.15. The molecule has 1 unspecified atom stereocenters. The Morgan fingerprint density at radius 2 is 1.82 bits per heavy atom. The second-order valence-electron chi connectivity index (χ2n) is 5.63. The van der Waals surface area contributed by atoms with Gasteiger partial charge in [0.15, 0.2) is 0 Å². The van der Waals surface area contributed by atoms with Crippen LogP contribution in [0.1, 0.15) is 16.2 Å². The van der Waals surface area contributed by atoms with Gasteiger partial charge in [-0.15, -0.1) is 0 Å². The molecule has 0 spiro atoms. The Kier molecular flexibility index (Phi) is 5.02. The predicted octanol–water partition coefficient (Wildman–Crippen LogP) is 4.19. The van der Waals surface area contributed by atoms with Gasteiger partial charge in [0.1, 0.15) is 5.82 Å². The van der Waals surface area contributed by atoms with E-state index in [0.717, 1.165) is 18.2 Å². The Balaban J connectivity index is 1.93. The maximum Gasteiger partial charge on any atom is 0.471 e. The first kappa shape index (κ1) is 19.7. The van der Waals surface area contributed by atoms with Gasteiger partial charge < -0.3 is 4.52 Å². The Morgan fingerprint density at radius 1 is 1.14 bits per heavy atom. The molecule has 146 valence electrons. The van der Waals surface area contributed by atoms with E-state index in [1.807, 2.05) is 0 Å². The van der Waals surface area contributed by atoms with Gasteiger partial charge >= 0.3 is 12.1 Å². The van der Waals surface area contributed by atoms with E-state index in [1.54, 1.807) is 18.2 Å². The molecule has 1 heterocycles. The molecule has 0 saturated heterocycles. The Morgan fingerprint density at radius 3 is 2.39 bits per heavy atom. The van der Waals surface area contributed by atoms with E-state index >= 15 is 0 Å². The maximum absolute atomic E-state index is 14.3. The van der Waals surface area contributed by atoms with E-state index in [0.29, 0.717) is 4.90 Å². The monoisotopic (exact) mass is 413 g/mol. The van der Waals surface area contributed by atoms with Crippen molar-refractivity contribution in [2.24, 2.45) is 4.36 Å². The summed E-state index contributed by atoms with van der Waals surface area (Å²) in [6.45, 7) is 0. The molecule has 0 aliphatic carbocycles. The average molecular weight is 413 g/mol. The first-order valence-corrected chi connectivity index (χ1v) is 9.52. The van der Waals surface area contributed by atoms with Gasteiger partial charge in [-0.3, -0.25) is 4.79 Å². The van der Waals surface area contributed by atoms with Gasteiger partial charge in [0.05, 0.1) is 15.3 Å². The highest BCUT2D eigenvalue weighted by Crippen LogP contribution is 2.29. The predicted molar refractivity (Wildman–Crippen MR) is 90.2 cm³/mol. The molecule has 2 aromatic carbocycles. The van der Waals surface area contributed by atoms with Crippen LogP contribution in [0.25, 0.3) is 11.4 Å². The smallest absolute Gasteiger partial charge is 0.329 e. The lowest BCUT2D eigenvalue weighted by molar-refractivity contribution is -0.159. The third-order valence-corrected chi connectivity index (χ3v) is 5.22. The number of hydrogen-bond donors (Lipinski definition) is 0. The third kappa shape index (κ3) is 4.09. The van der Waals surface area contributed by atoms with Gasteiger partial charge in [0.25, 0.3) is 5.91 Å². The van der Waals surface area contributed by atoms with E-state index in [2.05, 4.69) is 19.0 Å². The number of carbonyl (C=O) groups excluding carboxylic acids is 1. The quantitative estimate of drug-likeness (QED) is 0.601. The Hall–Kier alpha value is -3.08. The van der Waals surface area contributed by atoms with Gasteiger partial charge in [-0.1, -0.05) is 29.4 Å². The summed E-state index contributed by atoms with van der Waals surface area (Å²) >= 11 is 0. The maximum atomic E-state index is 14.3. The fourth-order valence-electron chi connectivity index (χ4n) is 2.22. The lowest BCUT2D eigenvalue weighted by Crippen LogP contribution is -2.06. The highest BCUT2D eigenvalue weighted by atomic mass is 32.2. The van der Waals surface area contributed by atoms with Gasteiger partial charge in [-0.25, -0.2) is 8.60 Å². The van der Waals surface area contributed by atoms with E-state index < -0.39 is 44.9 Å². The van der Waals surface area contributed by atoms with Crippen LogP contribution in [0.4, 0.5) is 17.6 Å². The zero-order valence-corrected chi connectivity index (χ0v) is 14.9. The minimum absolute atomic E-state index is 0.131. The molecule has 11 heteroatoms. The number of hydrogen-bond acceptors (Lipinski definition) is 5. The normalized spacial score (nSPS) is 13.8. The molecule has 28 heavy (non-hydrogen) atoms. The number of alkyl halides is 3. The lowest BCUT2D eigenvalue weighted by atomic mass is 10.1. The van der Waals surface area contributed by atoms with Crippen LogP contribution < -0.4 is 0 Å². The molecular formula is C17H11F4N3O3S. The van der Waals surface area contributed by atoms with Crippen molar-refractivity contribution in [2.45, 2.75) is 11.1 Å². The number of rotatable bonds is 3. The fraction of sp³-hybridized carbons (Fsp3) is 0.118. The SMILES string of the molecule is CS(=O)(=NC(=O)c1ccc(-c2noc(C(F)(F)F)n2)cc1F)c1ccccc1. The van der Waals surface area contributed by atoms with Gasteiger partial charge in [0, 0.05) is 16.7 Å². The second-order valence-corrected chi connectivity index (χ2v) is 7.89. The molecule has 0 N–H and O–H groups in total. The van der Waals surface area contributed by atoms with Crippen molar-refractivity contribution in [1.29, 1.82) is 0 Å². The summed E-state index contributed by atoms with van der Waals surface area (Å²) in [5.41, 5.74) is -0.623. The summed E-state index contributed by atoms with van der Waals surface area (Å²) < 4.78 is 72.2. The molecule has 0 aliphatic rings. The summed E-state index contributed by atoms with van der Waals surface area (Å²) in [5.74, 6) is -4.21. The highest BCUT2D eigenvalue weighted by molar-refractivity contribution is 7.93. The molecule has 0 aliphatic heterocycles. The average Bonchev–Trinajstić information content (AvgIpc) is 3.12. The van der Waals surface area contributed by atoms with Gasteiger partial charge in [0.2, 0.25) is 5.82 Å². The molecule has 1 atom stereocenters. The summed E-state index contributed by atoms with van der Waals surface area (Å²) in [7, 11) is -3.11. The number of amides is 1. The summed E-state index contributed by atoms with van der Waals surface area (Å²) in [5, 5.41) is 3.14. The molecule has 3 aromatic rings. The first-order valence-electron chi connectivity index (χ1n) is 7.60. The molecule has 3 rings (SSSR count). The third-order valence-electron chi connectivity index (χ3n) is 3.56. The van der Waals surface area contributed by atoms with Gasteiger partial charge in [-0.05, 0) is 24.3 Å². The molecule has 0 bridgehead atoms. The van der Waals surface area contributed by atoms with Crippen LogP contribution in [0.5, 0.6) is 0 Å². The van der Waals surface area contributed by atoms with E-state index in [1.165, 1.54) is 18.4 Å². The minimum Gasteiger partial charge on any atom is -0.329 e. The standard InChI is InChI=1S/C17H11F4N3O3S/c1-28(26,11-5-3-2-4-6-11)24-15(25)12-8-7-10(9-13(12)18)14-22-16(27-23-14)17(19,20)21/h2-9H,1H3. The number of halogens is 4. The van der Waals surface area contributed by atoms with Crippen molar-refractivity contribution in [3.63, 3.8) is 0 Å². The molecule has 0 saturated carbocycles. The summed E-state index contributed by atoms with van der Waals surface area (Å²) in [4.78, 5) is 15.7. The van der Waals surface area contributed by atoms with Crippen molar-refractivity contribution in [2.75, 3.05) is 6.26 Å². The topological polar surface area (TPSA) is 85.4 Å². The van der Waals surface area contributed by atoms with E-state index in [4.69, 9.17) is 0 Å². The van der Waals surface area contributed by atoms with Crippen molar-refractivity contribution in [3.05, 3.63) is 65.8 Å². The van der Waals surface area contributed by atoms with E-state index in [-0.39, 0.29) is 5.56 Å². The molecular weight excluding hydrogens is 402 g/mol. The first-order chi connectivity index (χ1) is 13.1. The van der Waals surface area contributed by atoms with Crippen LogP contribution in [0.2, 0.25) is 0 Å². The van der Waals surface area contributed by atoms with Crippen LogP contribution in [0, 0.1) is 5.82 Å². The Bertz CT molecular complexity index is 1150. The summed E-state index contributed by atoms with van der Waals surface area (Å²) in [6, 6.07) is 10.9. The summed E-state index contributed by atoms with van der Waals surface area (Å²) in [6.07, 6.45) is -3.60. The van der Waals surface area contributed by atoms with Crippen LogP contribution >= 0.6 is 0 Å². The number of nitrogens with zero attached hydrogens (tertiary/aromatic N) is 3. The van der Waals surface area contributed by atoms with E-state index in [9.17, 15) is 26.6 Å². The number of aromatic nitrogens is 2. The van der Waals surface area contributed by atoms with Crippen LogP contribution in [-0.4, -0.2) is 26.5 Å². The molecule has 1 amide bonds. The zero-order valence-electron chi connectivity index (χ0n) is 14.1. The molecule has 0 fully saturated rings. The number of benzene rings is 2. The minimum atomic E-state index is -4.84. The largest absolute Gasteiger partial charge is 0.471 e.